The fourth-order valence-electron chi connectivity index (χ4n) is 13.3. The first kappa shape index (κ1) is 75.9. The van der Waals surface area contributed by atoms with Gasteiger partial charge >= 0.3 is 24.4 Å². The Morgan fingerprint density at radius 2 is 1.17 bits per heavy atom. The maximum atomic E-state index is 15.6. The molecule has 5 aliphatic rings. The van der Waals surface area contributed by atoms with E-state index >= 15 is 4.39 Å². The zero-order chi connectivity index (χ0) is 74.8. The van der Waals surface area contributed by atoms with E-state index in [1.54, 1.807) is 69.0 Å². The largest absolute Gasteiger partial charge is 0.493 e. The highest BCUT2D eigenvalue weighted by Crippen LogP contribution is 2.43. The summed E-state index contributed by atoms with van der Waals surface area (Å²) in [6.07, 6.45) is -7.12. The fourth-order valence-corrected chi connectivity index (χ4v) is 14.3. The van der Waals surface area contributed by atoms with Crippen LogP contribution in [0.25, 0.3) is 0 Å². The van der Waals surface area contributed by atoms with Crippen LogP contribution in [-0.2, 0) is 58.7 Å². The highest BCUT2D eigenvalue weighted by molar-refractivity contribution is 7.81. The molecular formula is C70H72F7N13O11S2. The summed E-state index contributed by atoms with van der Waals surface area (Å²) < 4.78 is 117. The van der Waals surface area contributed by atoms with Gasteiger partial charge in [0.2, 0.25) is 18.0 Å². The molecule has 33 heteroatoms. The number of carbonyl (C=O) groups is 7. The quantitative estimate of drug-likeness (QED) is 0.0202. The third-order valence-electron chi connectivity index (χ3n) is 19.0. The second kappa shape index (κ2) is 30.6. The molecule has 2 unspecified atom stereocenters. The van der Waals surface area contributed by atoms with E-state index in [4.69, 9.17) is 38.6 Å². The number of aliphatic hydroxyl groups excluding tert-OH is 1. The molecule has 0 spiro atoms. The molecule has 2 aromatic heterocycles. The molecule has 5 fully saturated rings. The number of amides is 6. The van der Waals surface area contributed by atoms with Crippen LogP contribution in [0.2, 0.25) is 0 Å². The van der Waals surface area contributed by atoms with Crippen molar-refractivity contribution in [2.75, 3.05) is 75.8 Å². The van der Waals surface area contributed by atoms with E-state index in [2.05, 4.69) is 20.6 Å². The van der Waals surface area contributed by atoms with Crippen molar-refractivity contribution >= 4 is 110 Å². The summed E-state index contributed by atoms with van der Waals surface area (Å²) in [5, 5.41) is 34.7. The average Bonchev–Trinajstić information content (AvgIpc) is 1.59. The lowest BCUT2D eigenvalue weighted by molar-refractivity contribution is -0.159. The number of nitrogens with one attached hydrogen (secondary N) is 2. The molecule has 2 atom stereocenters. The number of ether oxygens (including phenoxy) is 3. The van der Waals surface area contributed by atoms with Crippen molar-refractivity contribution in [3.05, 3.63) is 119 Å². The Morgan fingerprint density at radius 3 is 1.62 bits per heavy atom. The number of esters is 1. The topological polar surface area (TPSA) is 288 Å². The lowest BCUT2D eigenvalue weighted by Gasteiger charge is -2.34. The Balaban J connectivity index is 0.732. The monoisotopic (exact) mass is 1470 g/mol. The summed E-state index contributed by atoms with van der Waals surface area (Å²) in [5.74, 6) is -4.44. The predicted octanol–water partition coefficient (Wildman–Crippen LogP) is 10.2. The second-order valence-corrected chi connectivity index (χ2v) is 27.2. The number of anilines is 6. The van der Waals surface area contributed by atoms with Gasteiger partial charge in [0, 0.05) is 36.6 Å². The number of aryl methyl sites for hydroxylation is 2. The maximum Gasteiger partial charge on any atom is 0.429 e. The summed E-state index contributed by atoms with van der Waals surface area (Å²) >= 11 is 11.4. The summed E-state index contributed by atoms with van der Waals surface area (Å²) in [6, 6.07) is 16.6. The van der Waals surface area contributed by atoms with Crippen LogP contribution in [0.1, 0.15) is 127 Å². The highest BCUT2D eigenvalue weighted by Gasteiger charge is 2.53. The number of hydrogen-bond acceptors (Lipinski definition) is 20. The molecule has 6 amide bonds. The number of likely N-dealkylation sites (tertiary alicyclic amines) is 2. The average molecular weight is 1470 g/mol. The fraction of sp³-hybridized carbons (Fsp3) is 0.443. The SMILES string of the molecule is CCc1cc(N2C(=S)N(c3cnc(C#N)c(C(F)(F)F)c3)C(=O)C2(C)C)ccc1OCCC1CCN(CC(=O)N(C(=O)OC(=O)C(O)N2CCC(CCOc3ccc(N4C(=S)N(c5cnc(C#N)c(C(F)(F)F)c5)C(=O)C4(C)C)cc3CC)CC2)c2cc(F)cc(NC3CCC(=O)NC3=O)c2)CC1. The molecule has 544 valence electrons. The van der Waals surface area contributed by atoms with Crippen LogP contribution in [-0.4, -0.2) is 146 Å². The van der Waals surface area contributed by atoms with Gasteiger partial charge < -0.3 is 34.4 Å². The van der Waals surface area contributed by atoms with E-state index in [-0.39, 0.29) is 84.0 Å². The van der Waals surface area contributed by atoms with Crippen LogP contribution in [0.15, 0.2) is 79.1 Å². The van der Waals surface area contributed by atoms with E-state index < -0.39 is 112 Å². The van der Waals surface area contributed by atoms with Gasteiger partial charge in [-0.25, -0.2) is 28.8 Å². The Labute approximate surface area is 598 Å². The molecule has 10 rings (SSSR count). The smallest absolute Gasteiger partial charge is 0.429 e. The van der Waals surface area contributed by atoms with Gasteiger partial charge in [0.25, 0.3) is 17.7 Å². The minimum atomic E-state index is -4.93. The van der Waals surface area contributed by atoms with Crippen LogP contribution in [0.5, 0.6) is 11.5 Å². The number of hydrogen-bond donors (Lipinski definition) is 3. The Bertz CT molecular complexity index is 4300. The van der Waals surface area contributed by atoms with E-state index in [9.17, 15) is 75.5 Å². The molecule has 3 N–H and O–H groups in total. The number of aromatic nitrogens is 2. The number of nitriles is 2. The van der Waals surface area contributed by atoms with Gasteiger partial charge in [-0.1, -0.05) is 13.8 Å². The van der Waals surface area contributed by atoms with Crippen molar-refractivity contribution in [3.8, 4) is 23.6 Å². The molecule has 5 aliphatic heterocycles. The van der Waals surface area contributed by atoms with Gasteiger partial charge in [-0.05, 0) is 213 Å². The number of benzene rings is 3. The number of rotatable bonds is 21. The molecule has 3 aromatic carbocycles. The van der Waals surface area contributed by atoms with Crippen molar-refractivity contribution in [1.29, 1.82) is 10.5 Å². The standard InChI is InChI=1S/C70H72F7N13O11S2/c1-7-41-27-45(89-64(102)87(62(96)67(89,3)4)48-32-50(69(72,73)74)53(34-78)80-36-48)9-12-55(41)99-25-19-39-15-21-84(22-16-39)38-58(92)86(47-30-43(71)29-44(31-47)82-52-11-14-57(91)83-59(52)93)66(98)101-61(95)60(94)85-23-17-40(18-24-85)20-26-100-56-13-10-46(28-42(56)8-2)90-65(103)88(63(97)68(90,5)6)49-33-51(70(75,76)77)54(35-79)81-37-49/h9-10,12-13,27-33,36-37,39-40,52,60,82,94H,7-8,11,14-26,38H2,1-6H3,(H,83,91,93). The number of aliphatic hydroxyl groups is 1. The molecule has 0 aliphatic carbocycles. The maximum absolute atomic E-state index is 15.6. The third kappa shape index (κ3) is 16.2. The van der Waals surface area contributed by atoms with E-state index in [1.165, 1.54) is 32.9 Å². The Morgan fingerprint density at radius 1 is 0.699 bits per heavy atom. The summed E-state index contributed by atoms with van der Waals surface area (Å²) in [4.78, 5) is 111. The van der Waals surface area contributed by atoms with E-state index in [1.807, 2.05) is 13.8 Å². The number of alkyl halides is 6. The molecule has 0 radical (unpaired) electrons. The minimum Gasteiger partial charge on any atom is -0.493 e. The van der Waals surface area contributed by atoms with E-state index in [0.29, 0.717) is 104 Å². The van der Waals surface area contributed by atoms with Crippen molar-refractivity contribution in [2.24, 2.45) is 11.8 Å². The number of pyridine rings is 2. The van der Waals surface area contributed by atoms with Gasteiger partial charge in [-0.2, -0.15) is 36.9 Å². The normalized spacial score (nSPS) is 18.7. The van der Waals surface area contributed by atoms with Crippen molar-refractivity contribution in [1.82, 2.24) is 25.1 Å². The van der Waals surface area contributed by atoms with Gasteiger partial charge in [0.15, 0.2) is 21.6 Å². The minimum absolute atomic E-state index is 0.0183. The zero-order valence-electron chi connectivity index (χ0n) is 56.7. The van der Waals surface area contributed by atoms with Crippen LogP contribution >= 0.6 is 24.4 Å². The second-order valence-electron chi connectivity index (χ2n) is 26.4. The first-order valence-corrected chi connectivity index (χ1v) is 34.0. The first-order chi connectivity index (χ1) is 48.7. The molecular weight excluding hydrogens is 1400 g/mol. The van der Waals surface area contributed by atoms with Gasteiger partial charge in [0.1, 0.15) is 46.6 Å². The summed E-state index contributed by atoms with van der Waals surface area (Å²) in [5.41, 5.74) is -5.52. The lowest BCUT2D eigenvalue weighted by atomic mass is 9.94. The summed E-state index contributed by atoms with van der Waals surface area (Å²) in [6.45, 7) is 11.3. The molecule has 5 aromatic rings. The zero-order valence-corrected chi connectivity index (χ0v) is 58.4. The third-order valence-corrected chi connectivity index (χ3v) is 19.7. The Hall–Kier alpha value is -9.80. The number of imide groups is 2. The number of carbonyl (C=O) groups excluding carboxylic acids is 7. The number of halogens is 7. The van der Waals surface area contributed by atoms with E-state index in [0.717, 1.165) is 45.5 Å². The van der Waals surface area contributed by atoms with Crippen LogP contribution in [0, 0.1) is 40.3 Å². The Kier molecular flexibility index (Phi) is 22.6. The molecule has 5 saturated heterocycles. The summed E-state index contributed by atoms with van der Waals surface area (Å²) in [7, 11) is 0. The predicted molar refractivity (Wildman–Crippen MR) is 368 cm³/mol. The first-order valence-electron chi connectivity index (χ1n) is 33.2. The van der Waals surface area contributed by atoms with Gasteiger partial charge in [-0.3, -0.25) is 48.9 Å². The van der Waals surface area contributed by atoms with Gasteiger partial charge in [0.05, 0.1) is 60.3 Å². The van der Waals surface area contributed by atoms with Crippen LogP contribution in [0.3, 0.4) is 0 Å². The van der Waals surface area contributed by atoms with Gasteiger partial charge in [-0.15, -0.1) is 0 Å². The number of nitrogens with zero attached hydrogens (tertiary/aromatic N) is 11. The molecule has 103 heavy (non-hydrogen) atoms. The highest BCUT2D eigenvalue weighted by atomic mass is 32.1. The molecule has 0 saturated carbocycles. The van der Waals surface area contributed by atoms with Crippen molar-refractivity contribution in [2.45, 2.75) is 141 Å². The molecule has 24 nitrogen and oxygen atoms in total. The lowest BCUT2D eigenvalue weighted by Crippen LogP contribution is -2.50. The number of thiocarbonyl (C=S) groups is 2. The van der Waals surface area contributed by atoms with Crippen LogP contribution in [0.4, 0.5) is 69.7 Å². The molecule has 0 bridgehead atoms. The molecule has 7 heterocycles. The number of piperidine rings is 3. The van der Waals surface area contributed by atoms with Crippen molar-refractivity contribution < 1.29 is 83.6 Å². The van der Waals surface area contributed by atoms with Crippen molar-refractivity contribution in [3.63, 3.8) is 0 Å². The van der Waals surface area contributed by atoms with Crippen LogP contribution < -0.4 is 44.6 Å².